The average Bonchev–Trinajstić information content (AvgIpc) is 2.27. The highest BCUT2D eigenvalue weighted by atomic mass is 127. The molecule has 0 bridgehead atoms. The van der Waals surface area contributed by atoms with Crippen molar-refractivity contribution in [3.05, 3.63) is 8.78 Å². The molecule has 2 rings (SSSR count). The third-order valence-corrected chi connectivity index (χ3v) is 8.04. The van der Waals surface area contributed by atoms with E-state index in [9.17, 15) is 0 Å². The van der Waals surface area contributed by atoms with Crippen LogP contribution in [0.5, 0.6) is 0 Å². The highest BCUT2D eigenvalue weighted by Gasteiger charge is 2.39. The van der Waals surface area contributed by atoms with Crippen LogP contribution in [0.3, 0.4) is 0 Å². The minimum atomic E-state index is -1.25. The quantitative estimate of drug-likeness (QED) is 0.467. The summed E-state index contributed by atoms with van der Waals surface area (Å²) in [5.74, 6) is 0.799. The van der Waals surface area contributed by atoms with Gasteiger partial charge in [0.2, 0.25) is 0 Å². The second kappa shape index (κ2) is 5.96. The summed E-state index contributed by atoms with van der Waals surface area (Å²) in [6, 6.07) is 0. The number of hydrogen-bond acceptors (Lipinski definition) is 1. The zero-order valence-corrected chi connectivity index (χ0v) is 15.4. The molecule has 0 unspecified atom stereocenters. The highest BCUT2D eigenvalue weighted by molar-refractivity contribution is 14.1. The predicted octanol–water partition coefficient (Wildman–Crippen LogP) is 5.31. The molecule has 0 N–H and O–H groups in total. The van der Waals surface area contributed by atoms with Gasteiger partial charge in [-0.15, -0.1) is 0 Å². The van der Waals surface area contributed by atoms with Crippen LogP contribution < -0.4 is 0 Å². The molecule has 0 aromatic heterocycles. The first-order valence-corrected chi connectivity index (χ1v) is 12.0. The lowest BCUT2D eigenvalue weighted by Gasteiger charge is -2.42. The zero-order valence-electron chi connectivity index (χ0n) is 12.3. The highest BCUT2D eigenvalue weighted by Crippen LogP contribution is 2.42. The third kappa shape index (κ3) is 3.40. The van der Waals surface area contributed by atoms with E-state index in [4.69, 9.17) is 4.74 Å². The fourth-order valence-electron chi connectivity index (χ4n) is 3.50. The van der Waals surface area contributed by atoms with Gasteiger partial charge in [0.15, 0.2) is 0 Å². The van der Waals surface area contributed by atoms with Gasteiger partial charge < -0.3 is 4.74 Å². The van der Waals surface area contributed by atoms with Crippen molar-refractivity contribution in [2.24, 2.45) is 5.92 Å². The summed E-state index contributed by atoms with van der Waals surface area (Å²) in [5, 5.41) is 1.73. The largest absolute Gasteiger partial charge is 0.371 e. The topological polar surface area (TPSA) is 9.23 Å². The van der Waals surface area contributed by atoms with E-state index in [1.54, 1.807) is 8.78 Å². The van der Waals surface area contributed by atoms with Crippen molar-refractivity contribution in [1.82, 2.24) is 0 Å². The first kappa shape index (κ1) is 15.0. The SMILES string of the molecule is C[C@H]1CC(I)=C([Si](C)(C)C)[C@@H](C2CCCCC2)O1. The van der Waals surface area contributed by atoms with Gasteiger partial charge in [-0.05, 0) is 57.1 Å². The van der Waals surface area contributed by atoms with E-state index in [2.05, 4.69) is 49.2 Å². The molecular formula is C15H27IOSi. The molecule has 0 amide bonds. The van der Waals surface area contributed by atoms with Crippen LogP contribution in [-0.2, 0) is 4.74 Å². The number of rotatable bonds is 2. The van der Waals surface area contributed by atoms with Crippen molar-refractivity contribution in [1.29, 1.82) is 0 Å². The second-order valence-corrected chi connectivity index (χ2v) is 13.4. The average molecular weight is 378 g/mol. The van der Waals surface area contributed by atoms with Crippen molar-refractivity contribution in [2.75, 3.05) is 0 Å². The minimum absolute atomic E-state index is 0.420. The van der Waals surface area contributed by atoms with Crippen LogP contribution in [0.15, 0.2) is 8.78 Å². The predicted molar refractivity (Wildman–Crippen MR) is 89.9 cm³/mol. The molecule has 1 aliphatic heterocycles. The molecule has 2 atom stereocenters. The molecule has 0 radical (unpaired) electrons. The molecule has 0 spiro atoms. The molecule has 3 heteroatoms. The summed E-state index contributed by atoms with van der Waals surface area (Å²) >= 11 is 2.60. The van der Waals surface area contributed by atoms with Crippen molar-refractivity contribution in [3.63, 3.8) is 0 Å². The van der Waals surface area contributed by atoms with Crippen LogP contribution >= 0.6 is 22.6 Å². The molecular weight excluding hydrogens is 351 g/mol. The van der Waals surface area contributed by atoms with E-state index in [0.29, 0.717) is 12.2 Å². The summed E-state index contributed by atoms with van der Waals surface area (Å²) in [4.78, 5) is 0. The first-order valence-electron chi connectivity index (χ1n) is 7.44. The van der Waals surface area contributed by atoms with Crippen LogP contribution in [0.4, 0.5) is 0 Å². The molecule has 0 saturated heterocycles. The lowest BCUT2D eigenvalue weighted by molar-refractivity contribution is -0.0262. The van der Waals surface area contributed by atoms with Crippen molar-refractivity contribution < 1.29 is 4.74 Å². The van der Waals surface area contributed by atoms with Gasteiger partial charge in [-0.2, -0.15) is 0 Å². The van der Waals surface area contributed by atoms with Crippen molar-refractivity contribution in [3.8, 4) is 0 Å². The Morgan fingerprint density at radius 2 is 1.72 bits per heavy atom. The Labute approximate surface area is 127 Å². The van der Waals surface area contributed by atoms with Crippen LogP contribution in [0.2, 0.25) is 19.6 Å². The molecule has 0 aromatic rings. The number of hydrogen-bond donors (Lipinski definition) is 0. The van der Waals surface area contributed by atoms with Crippen LogP contribution in [-0.4, -0.2) is 20.3 Å². The number of halogens is 1. The molecule has 1 fully saturated rings. The fourth-order valence-corrected chi connectivity index (χ4v) is 8.93. The maximum absolute atomic E-state index is 6.41. The van der Waals surface area contributed by atoms with Gasteiger partial charge >= 0.3 is 0 Å². The Bertz CT molecular complexity index is 326. The smallest absolute Gasteiger partial charge is 0.0792 e. The van der Waals surface area contributed by atoms with Gasteiger partial charge in [0, 0.05) is 6.42 Å². The van der Waals surface area contributed by atoms with E-state index < -0.39 is 8.07 Å². The Kier molecular flexibility index (Phi) is 4.98. The summed E-state index contributed by atoms with van der Waals surface area (Å²) < 4.78 is 8.03. The zero-order chi connectivity index (χ0) is 13.3. The van der Waals surface area contributed by atoms with Crippen molar-refractivity contribution in [2.45, 2.75) is 77.3 Å². The van der Waals surface area contributed by atoms with E-state index in [-0.39, 0.29) is 0 Å². The molecule has 1 aliphatic carbocycles. The maximum Gasteiger partial charge on any atom is 0.0792 e. The molecule has 1 heterocycles. The monoisotopic (exact) mass is 378 g/mol. The van der Waals surface area contributed by atoms with E-state index >= 15 is 0 Å². The van der Waals surface area contributed by atoms with Gasteiger partial charge in [0.1, 0.15) is 0 Å². The van der Waals surface area contributed by atoms with E-state index in [1.807, 2.05) is 0 Å². The standard InChI is InChI=1S/C15H27IOSi/c1-11-10-13(16)15(18(2,3)4)14(17-11)12-8-6-5-7-9-12/h11-12,14H,5-10H2,1-4H3/t11-,14+/m0/s1. The summed E-state index contributed by atoms with van der Waals surface area (Å²) in [5.41, 5.74) is 0. The van der Waals surface area contributed by atoms with Gasteiger partial charge in [0.25, 0.3) is 0 Å². The third-order valence-electron chi connectivity index (χ3n) is 4.31. The Balaban J connectivity index is 2.27. The number of ether oxygens (including phenoxy) is 1. The van der Waals surface area contributed by atoms with Crippen LogP contribution in [0.1, 0.15) is 45.4 Å². The molecule has 1 saturated carbocycles. The lowest BCUT2D eigenvalue weighted by atomic mass is 9.84. The summed E-state index contributed by atoms with van der Waals surface area (Å²) in [6.45, 7) is 9.69. The summed E-state index contributed by atoms with van der Waals surface area (Å²) in [6.07, 6.45) is 9.04. The molecule has 1 nitrogen and oxygen atoms in total. The van der Waals surface area contributed by atoms with Gasteiger partial charge in [-0.25, -0.2) is 0 Å². The van der Waals surface area contributed by atoms with Crippen LogP contribution in [0.25, 0.3) is 0 Å². The second-order valence-electron chi connectivity index (χ2n) is 7.04. The lowest BCUT2D eigenvalue weighted by Crippen LogP contribution is -2.43. The van der Waals surface area contributed by atoms with Gasteiger partial charge in [-0.1, -0.05) is 38.9 Å². The van der Waals surface area contributed by atoms with Gasteiger partial charge in [-0.3, -0.25) is 0 Å². The normalized spacial score (nSPS) is 31.8. The molecule has 2 aliphatic rings. The fraction of sp³-hybridized carbons (Fsp3) is 0.867. The maximum atomic E-state index is 6.41. The van der Waals surface area contributed by atoms with E-state index in [1.165, 1.54) is 32.1 Å². The Morgan fingerprint density at radius 3 is 2.28 bits per heavy atom. The van der Waals surface area contributed by atoms with Crippen molar-refractivity contribution >= 4 is 30.7 Å². The molecule has 104 valence electrons. The Hall–Kier alpha value is 0.647. The minimum Gasteiger partial charge on any atom is -0.371 e. The van der Waals surface area contributed by atoms with E-state index in [0.717, 1.165) is 12.3 Å². The molecule has 0 aromatic carbocycles. The van der Waals surface area contributed by atoms with Crippen LogP contribution in [0, 0.1) is 5.92 Å². The first-order chi connectivity index (χ1) is 8.39. The van der Waals surface area contributed by atoms with Gasteiger partial charge in [0.05, 0.1) is 20.3 Å². The molecule has 18 heavy (non-hydrogen) atoms. The summed E-state index contributed by atoms with van der Waals surface area (Å²) in [7, 11) is -1.25. The Morgan fingerprint density at radius 1 is 1.11 bits per heavy atom.